The molecular weight excluding hydrogens is 265 g/mol. The van der Waals surface area contributed by atoms with E-state index in [1.807, 2.05) is 13.8 Å². The standard InChI is InChI=1S/C14H18FNO4/c1-8(2)6-11(14(18)19)16-13(17)9-4-5-12(20-3)10(15)7-9/h4-5,7-8,11H,6H2,1-3H3,(H,16,17)(H,18,19)/t11-/m0/s1. The Hall–Kier alpha value is -2.11. The van der Waals surface area contributed by atoms with E-state index in [2.05, 4.69) is 5.32 Å². The summed E-state index contributed by atoms with van der Waals surface area (Å²) < 4.78 is 18.2. The molecule has 110 valence electrons. The maximum absolute atomic E-state index is 13.5. The third kappa shape index (κ3) is 4.22. The number of carbonyl (C=O) groups is 2. The summed E-state index contributed by atoms with van der Waals surface area (Å²) in [4.78, 5) is 23.0. The van der Waals surface area contributed by atoms with Gasteiger partial charge in [0, 0.05) is 5.56 Å². The quantitative estimate of drug-likeness (QED) is 0.838. The zero-order valence-electron chi connectivity index (χ0n) is 11.6. The second kappa shape index (κ2) is 6.88. The van der Waals surface area contributed by atoms with Gasteiger partial charge in [-0.2, -0.15) is 0 Å². The minimum absolute atomic E-state index is 0.0264. The van der Waals surface area contributed by atoms with Gasteiger partial charge < -0.3 is 15.2 Å². The average Bonchev–Trinajstić information content (AvgIpc) is 2.37. The van der Waals surface area contributed by atoms with Crippen LogP contribution in [0.4, 0.5) is 4.39 Å². The number of amides is 1. The fourth-order valence-electron chi connectivity index (χ4n) is 1.74. The number of halogens is 1. The fourth-order valence-corrected chi connectivity index (χ4v) is 1.74. The lowest BCUT2D eigenvalue weighted by Gasteiger charge is -2.16. The van der Waals surface area contributed by atoms with Crippen LogP contribution in [0.3, 0.4) is 0 Å². The summed E-state index contributed by atoms with van der Waals surface area (Å²) in [6.45, 7) is 3.71. The molecule has 1 atom stereocenters. The van der Waals surface area contributed by atoms with E-state index >= 15 is 0 Å². The summed E-state index contributed by atoms with van der Waals surface area (Å²) in [6, 6.07) is 2.73. The van der Waals surface area contributed by atoms with Crippen molar-refractivity contribution >= 4 is 11.9 Å². The molecule has 1 rings (SSSR count). The normalized spacial score (nSPS) is 12.1. The molecule has 0 aliphatic carbocycles. The SMILES string of the molecule is COc1ccc(C(=O)N[C@@H](CC(C)C)C(=O)O)cc1F. The molecule has 1 aromatic rings. The lowest BCUT2D eigenvalue weighted by atomic mass is 10.0. The van der Waals surface area contributed by atoms with Gasteiger partial charge >= 0.3 is 5.97 Å². The molecule has 1 aromatic carbocycles. The van der Waals surface area contributed by atoms with Gasteiger partial charge in [0.15, 0.2) is 11.6 Å². The van der Waals surface area contributed by atoms with E-state index in [1.54, 1.807) is 0 Å². The molecule has 0 unspecified atom stereocenters. The number of carboxylic acids is 1. The van der Waals surface area contributed by atoms with Gasteiger partial charge in [0.25, 0.3) is 5.91 Å². The minimum Gasteiger partial charge on any atom is -0.494 e. The monoisotopic (exact) mass is 283 g/mol. The first-order valence-electron chi connectivity index (χ1n) is 6.22. The number of nitrogens with one attached hydrogen (secondary N) is 1. The number of aliphatic carboxylic acids is 1. The van der Waals surface area contributed by atoms with Crippen molar-refractivity contribution in [1.29, 1.82) is 0 Å². The number of carboxylic acid groups (broad SMARTS) is 1. The van der Waals surface area contributed by atoms with Gasteiger partial charge in [-0.15, -0.1) is 0 Å². The molecule has 0 bridgehead atoms. The highest BCUT2D eigenvalue weighted by Gasteiger charge is 2.22. The molecule has 5 nitrogen and oxygen atoms in total. The Balaban J connectivity index is 2.83. The van der Waals surface area contributed by atoms with E-state index in [-0.39, 0.29) is 17.2 Å². The van der Waals surface area contributed by atoms with Gasteiger partial charge in [-0.3, -0.25) is 4.79 Å². The Morgan fingerprint density at radius 2 is 2.05 bits per heavy atom. The van der Waals surface area contributed by atoms with Crippen molar-refractivity contribution in [3.05, 3.63) is 29.6 Å². The van der Waals surface area contributed by atoms with E-state index in [4.69, 9.17) is 9.84 Å². The van der Waals surface area contributed by atoms with Gasteiger partial charge in [0.1, 0.15) is 6.04 Å². The van der Waals surface area contributed by atoms with Crippen LogP contribution >= 0.6 is 0 Å². The van der Waals surface area contributed by atoms with Crippen LogP contribution in [0.15, 0.2) is 18.2 Å². The van der Waals surface area contributed by atoms with Crippen molar-refractivity contribution in [2.45, 2.75) is 26.3 Å². The Kier molecular flexibility index (Phi) is 5.49. The van der Waals surface area contributed by atoms with Gasteiger partial charge in [0.05, 0.1) is 7.11 Å². The number of carbonyl (C=O) groups excluding carboxylic acids is 1. The number of hydrogen-bond donors (Lipinski definition) is 2. The number of rotatable bonds is 6. The van der Waals surface area contributed by atoms with Crippen molar-refractivity contribution in [2.75, 3.05) is 7.11 Å². The van der Waals surface area contributed by atoms with Crippen LogP contribution in [0.1, 0.15) is 30.6 Å². The molecule has 2 N–H and O–H groups in total. The highest BCUT2D eigenvalue weighted by molar-refractivity contribution is 5.96. The number of ether oxygens (including phenoxy) is 1. The third-order valence-electron chi connectivity index (χ3n) is 2.72. The Labute approximate surface area is 116 Å². The third-order valence-corrected chi connectivity index (χ3v) is 2.72. The molecule has 0 saturated heterocycles. The molecule has 0 aromatic heterocycles. The summed E-state index contributed by atoms with van der Waals surface area (Å²) in [7, 11) is 1.32. The van der Waals surface area contributed by atoms with Crippen LogP contribution in [0.5, 0.6) is 5.75 Å². The van der Waals surface area contributed by atoms with Crippen molar-refractivity contribution in [3.8, 4) is 5.75 Å². The fraction of sp³-hybridized carbons (Fsp3) is 0.429. The van der Waals surface area contributed by atoms with E-state index in [1.165, 1.54) is 19.2 Å². The van der Waals surface area contributed by atoms with Crippen molar-refractivity contribution in [3.63, 3.8) is 0 Å². The van der Waals surface area contributed by atoms with E-state index in [0.29, 0.717) is 6.42 Å². The predicted octanol–water partition coefficient (Wildman–Crippen LogP) is 2.06. The second-order valence-corrected chi connectivity index (χ2v) is 4.84. The zero-order chi connectivity index (χ0) is 15.3. The smallest absolute Gasteiger partial charge is 0.326 e. The second-order valence-electron chi connectivity index (χ2n) is 4.84. The summed E-state index contributed by atoms with van der Waals surface area (Å²) >= 11 is 0. The molecule has 0 radical (unpaired) electrons. The lowest BCUT2D eigenvalue weighted by molar-refractivity contribution is -0.139. The van der Waals surface area contributed by atoms with Gasteiger partial charge in [-0.25, -0.2) is 9.18 Å². The molecule has 0 aliphatic rings. The number of benzene rings is 1. The maximum atomic E-state index is 13.5. The first kappa shape index (κ1) is 15.9. The van der Waals surface area contributed by atoms with Crippen LogP contribution in [-0.2, 0) is 4.79 Å². The van der Waals surface area contributed by atoms with E-state index in [0.717, 1.165) is 6.07 Å². The number of methoxy groups -OCH3 is 1. The molecule has 0 fully saturated rings. The molecule has 20 heavy (non-hydrogen) atoms. The lowest BCUT2D eigenvalue weighted by Crippen LogP contribution is -2.41. The Bertz CT molecular complexity index is 502. The number of hydrogen-bond acceptors (Lipinski definition) is 3. The van der Waals surface area contributed by atoms with E-state index in [9.17, 15) is 14.0 Å². The predicted molar refractivity (Wildman–Crippen MR) is 71.3 cm³/mol. The van der Waals surface area contributed by atoms with E-state index < -0.39 is 23.7 Å². The topological polar surface area (TPSA) is 75.6 Å². The highest BCUT2D eigenvalue weighted by atomic mass is 19.1. The highest BCUT2D eigenvalue weighted by Crippen LogP contribution is 2.18. The van der Waals surface area contributed by atoms with Crippen LogP contribution < -0.4 is 10.1 Å². The Morgan fingerprint density at radius 3 is 2.50 bits per heavy atom. The molecule has 0 aliphatic heterocycles. The van der Waals surface area contributed by atoms with Gasteiger partial charge in [-0.05, 0) is 30.5 Å². The van der Waals surface area contributed by atoms with Crippen LogP contribution in [0, 0.1) is 11.7 Å². The summed E-state index contributed by atoms with van der Waals surface area (Å²) in [5, 5.41) is 11.4. The first-order chi connectivity index (χ1) is 9.35. The molecule has 0 saturated carbocycles. The summed E-state index contributed by atoms with van der Waals surface area (Å²) in [5.74, 6) is -2.26. The molecule has 6 heteroatoms. The van der Waals surface area contributed by atoms with Crippen molar-refractivity contribution in [2.24, 2.45) is 5.92 Å². The van der Waals surface area contributed by atoms with Crippen LogP contribution in [0.25, 0.3) is 0 Å². The Morgan fingerprint density at radius 1 is 1.40 bits per heavy atom. The van der Waals surface area contributed by atoms with Gasteiger partial charge in [0.2, 0.25) is 0 Å². The van der Waals surface area contributed by atoms with Gasteiger partial charge in [-0.1, -0.05) is 13.8 Å². The molecular formula is C14H18FNO4. The van der Waals surface area contributed by atoms with Crippen LogP contribution in [-0.4, -0.2) is 30.1 Å². The first-order valence-corrected chi connectivity index (χ1v) is 6.22. The minimum atomic E-state index is -1.11. The zero-order valence-corrected chi connectivity index (χ0v) is 11.6. The molecule has 0 spiro atoms. The maximum Gasteiger partial charge on any atom is 0.326 e. The summed E-state index contributed by atoms with van der Waals surface area (Å²) in [5.41, 5.74) is 0.0540. The largest absolute Gasteiger partial charge is 0.494 e. The molecule has 0 heterocycles. The molecule has 1 amide bonds. The average molecular weight is 283 g/mol. The summed E-state index contributed by atoms with van der Waals surface area (Å²) in [6.07, 6.45) is 0.305. The van der Waals surface area contributed by atoms with Crippen LogP contribution in [0.2, 0.25) is 0 Å². The van der Waals surface area contributed by atoms with Crippen molar-refractivity contribution in [1.82, 2.24) is 5.32 Å². The van der Waals surface area contributed by atoms with Crippen molar-refractivity contribution < 1.29 is 23.8 Å².